The maximum absolute atomic E-state index is 4.21. The van der Waals surface area contributed by atoms with Crippen molar-refractivity contribution in [3.8, 4) is 0 Å². The highest BCUT2D eigenvalue weighted by atomic mass is 127. The first-order valence-electron chi connectivity index (χ1n) is 3.39. The Labute approximate surface area is 75.0 Å². The molecule has 0 atom stereocenters. The van der Waals surface area contributed by atoms with Gasteiger partial charge >= 0.3 is 0 Å². The van der Waals surface area contributed by atoms with Gasteiger partial charge in [-0.05, 0) is 29.4 Å². The quantitative estimate of drug-likeness (QED) is 0.590. The van der Waals surface area contributed by atoms with Gasteiger partial charge in [-0.25, -0.2) is 0 Å². The van der Waals surface area contributed by atoms with Crippen molar-refractivity contribution in [1.29, 1.82) is 0 Å². The zero-order chi connectivity index (χ0) is 7.23. The van der Waals surface area contributed by atoms with Crippen LogP contribution in [0, 0.1) is 0 Å². The third-order valence-corrected chi connectivity index (χ3v) is 2.06. The lowest BCUT2D eigenvalue weighted by Gasteiger charge is -1.94. The normalized spacial score (nSPS) is 9.70. The van der Waals surface area contributed by atoms with Crippen molar-refractivity contribution in [2.24, 2.45) is 0 Å². The molecule has 0 saturated carbocycles. The first kappa shape index (κ1) is 7.98. The number of hydrogen-bond donors (Lipinski definition) is 0. The van der Waals surface area contributed by atoms with Crippen LogP contribution in [0.3, 0.4) is 0 Å². The number of aromatic nitrogens is 1. The molecular formula is C8H10IN. The molecule has 1 heterocycles. The minimum Gasteiger partial charge on any atom is -0.261 e. The molecule has 0 aromatic carbocycles. The molecule has 2 heteroatoms. The zero-order valence-corrected chi connectivity index (χ0v) is 7.91. The van der Waals surface area contributed by atoms with Crippen molar-refractivity contribution in [2.45, 2.75) is 12.8 Å². The Morgan fingerprint density at radius 2 is 2.30 bits per heavy atom. The van der Waals surface area contributed by atoms with Crippen LogP contribution in [0.5, 0.6) is 0 Å². The van der Waals surface area contributed by atoms with Gasteiger partial charge in [0.05, 0.1) is 0 Å². The highest BCUT2D eigenvalue weighted by Gasteiger charge is 1.89. The molecule has 0 spiro atoms. The number of pyridine rings is 1. The fourth-order valence-corrected chi connectivity index (χ4v) is 1.18. The van der Waals surface area contributed by atoms with Gasteiger partial charge in [0, 0.05) is 11.9 Å². The third-order valence-electron chi connectivity index (χ3n) is 1.29. The van der Waals surface area contributed by atoms with E-state index < -0.39 is 0 Å². The third kappa shape index (κ3) is 2.64. The Hall–Kier alpha value is -0.120. The van der Waals surface area contributed by atoms with Crippen LogP contribution in [0.4, 0.5) is 0 Å². The first-order valence-corrected chi connectivity index (χ1v) is 4.92. The molecule has 0 fully saturated rings. The Morgan fingerprint density at radius 3 is 2.90 bits per heavy atom. The molecule has 1 rings (SSSR count). The van der Waals surface area contributed by atoms with Gasteiger partial charge in [-0.1, -0.05) is 28.7 Å². The summed E-state index contributed by atoms with van der Waals surface area (Å²) in [5.74, 6) is 0. The van der Waals surface area contributed by atoms with E-state index in [0.29, 0.717) is 0 Å². The van der Waals surface area contributed by atoms with Gasteiger partial charge in [0.1, 0.15) is 0 Å². The topological polar surface area (TPSA) is 12.9 Å². The molecule has 0 bridgehead atoms. The van der Waals surface area contributed by atoms with Crippen LogP contribution in [-0.2, 0) is 6.42 Å². The monoisotopic (exact) mass is 247 g/mol. The molecule has 10 heavy (non-hydrogen) atoms. The Kier molecular flexibility index (Phi) is 3.72. The smallest absolute Gasteiger partial charge is 0.0403 e. The van der Waals surface area contributed by atoms with Gasteiger partial charge in [-0.3, -0.25) is 4.98 Å². The van der Waals surface area contributed by atoms with Gasteiger partial charge in [0.2, 0.25) is 0 Å². The van der Waals surface area contributed by atoms with E-state index >= 15 is 0 Å². The molecule has 0 aliphatic carbocycles. The SMILES string of the molecule is ICCCc1ccccn1. The molecule has 0 amide bonds. The first-order chi connectivity index (χ1) is 4.93. The van der Waals surface area contributed by atoms with Crippen molar-refractivity contribution < 1.29 is 0 Å². The molecule has 0 radical (unpaired) electrons. The Bertz CT molecular complexity index is 174. The molecule has 1 aromatic rings. The summed E-state index contributed by atoms with van der Waals surface area (Å²) in [6.07, 6.45) is 4.20. The molecular weight excluding hydrogens is 237 g/mol. The summed E-state index contributed by atoms with van der Waals surface area (Å²) in [6, 6.07) is 6.06. The van der Waals surface area contributed by atoms with E-state index in [2.05, 4.69) is 33.6 Å². The van der Waals surface area contributed by atoms with Crippen LogP contribution >= 0.6 is 22.6 Å². The summed E-state index contributed by atoms with van der Waals surface area (Å²) in [5.41, 5.74) is 1.21. The van der Waals surface area contributed by atoms with Gasteiger partial charge in [0.15, 0.2) is 0 Å². The molecule has 0 aliphatic heterocycles. The standard InChI is InChI=1S/C8H10IN/c9-6-3-5-8-4-1-2-7-10-8/h1-2,4,7H,3,5-6H2. The lowest BCUT2D eigenvalue weighted by molar-refractivity contribution is 0.901. The molecule has 0 saturated heterocycles. The molecule has 1 nitrogen and oxygen atoms in total. The van der Waals surface area contributed by atoms with Crippen molar-refractivity contribution in [1.82, 2.24) is 4.98 Å². The van der Waals surface area contributed by atoms with Gasteiger partial charge in [-0.2, -0.15) is 0 Å². The van der Waals surface area contributed by atoms with E-state index in [9.17, 15) is 0 Å². The molecule has 54 valence electrons. The second-order valence-corrected chi connectivity index (χ2v) is 3.19. The molecule has 0 N–H and O–H groups in total. The molecule has 0 unspecified atom stereocenters. The van der Waals surface area contributed by atoms with E-state index in [4.69, 9.17) is 0 Å². The minimum absolute atomic E-state index is 1.11. The maximum Gasteiger partial charge on any atom is 0.0403 e. The lowest BCUT2D eigenvalue weighted by Crippen LogP contribution is -1.88. The summed E-state index contributed by atoms with van der Waals surface area (Å²) in [7, 11) is 0. The highest BCUT2D eigenvalue weighted by Crippen LogP contribution is 1.99. The summed E-state index contributed by atoms with van der Waals surface area (Å²) < 4.78 is 1.22. The number of rotatable bonds is 3. The predicted octanol–water partition coefficient (Wildman–Crippen LogP) is 2.45. The number of alkyl halides is 1. The predicted molar refractivity (Wildman–Crippen MR) is 51.4 cm³/mol. The fourth-order valence-electron chi connectivity index (χ4n) is 0.794. The van der Waals surface area contributed by atoms with Crippen LogP contribution in [0.1, 0.15) is 12.1 Å². The van der Waals surface area contributed by atoms with Crippen molar-refractivity contribution in [3.63, 3.8) is 0 Å². The second kappa shape index (κ2) is 4.66. The van der Waals surface area contributed by atoms with Crippen LogP contribution in [-0.4, -0.2) is 9.41 Å². The minimum atomic E-state index is 1.11. The second-order valence-electron chi connectivity index (χ2n) is 2.11. The highest BCUT2D eigenvalue weighted by molar-refractivity contribution is 14.1. The largest absolute Gasteiger partial charge is 0.261 e. The van der Waals surface area contributed by atoms with Crippen LogP contribution in [0.25, 0.3) is 0 Å². The van der Waals surface area contributed by atoms with Crippen LogP contribution in [0.15, 0.2) is 24.4 Å². The van der Waals surface area contributed by atoms with Crippen LogP contribution in [0.2, 0.25) is 0 Å². The average Bonchev–Trinajstić information content (AvgIpc) is 2.03. The average molecular weight is 247 g/mol. The summed E-state index contributed by atoms with van der Waals surface area (Å²) in [6.45, 7) is 0. The van der Waals surface area contributed by atoms with Crippen molar-refractivity contribution in [2.75, 3.05) is 4.43 Å². The number of hydrogen-bond acceptors (Lipinski definition) is 1. The number of aryl methyl sites for hydroxylation is 1. The van der Waals surface area contributed by atoms with Crippen molar-refractivity contribution >= 4 is 22.6 Å². The molecule has 0 aliphatic rings. The van der Waals surface area contributed by atoms with Gasteiger partial charge < -0.3 is 0 Å². The number of nitrogens with zero attached hydrogens (tertiary/aromatic N) is 1. The number of halogens is 1. The van der Waals surface area contributed by atoms with Crippen LogP contribution < -0.4 is 0 Å². The summed E-state index contributed by atoms with van der Waals surface area (Å²) in [4.78, 5) is 4.21. The maximum atomic E-state index is 4.21. The Balaban J connectivity index is 2.43. The Morgan fingerprint density at radius 1 is 1.40 bits per heavy atom. The van der Waals surface area contributed by atoms with E-state index in [1.165, 1.54) is 16.5 Å². The lowest BCUT2D eigenvalue weighted by atomic mass is 10.2. The van der Waals surface area contributed by atoms with Crippen molar-refractivity contribution in [3.05, 3.63) is 30.1 Å². The summed E-state index contributed by atoms with van der Waals surface area (Å²) >= 11 is 2.39. The van der Waals surface area contributed by atoms with Gasteiger partial charge in [0.25, 0.3) is 0 Å². The summed E-state index contributed by atoms with van der Waals surface area (Å²) in [5, 5.41) is 0. The fraction of sp³-hybridized carbons (Fsp3) is 0.375. The molecule has 1 aromatic heterocycles. The van der Waals surface area contributed by atoms with E-state index in [1.807, 2.05) is 18.3 Å². The zero-order valence-electron chi connectivity index (χ0n) is 5.76. The van der Waals surface area contributed by atoms with E-state index in [1.54, 1.807) is 0 Å². The van der Waals surface area contributed by atoms with E-state index in [0.717, 1.165) is 6.42 Å². The van der Waals surface area contributed by atoms with Gasteiger partial charge in [-0.15, -0.1) is 0 Å². The van der Waals surface area contributed by atoms with E-state index in [-0.39, 0.29) is 0 Å².